The third-order valence-corrected chi connectivity index (χ3v) is 3.86. The second kappa shape index (κ2) is 4.88. The Balaban J connectivity index is 2.10. The monoisotopic (exact) mass is 338 g/mol. The molecule has 7 nitrogen and oxygen atoms in total. The highest BCUT2D eigenvalue weighted by molar-refractivity contribution is 9.10. The topological polar surface area (TPSA) is 96.2 Å². The fourth-order valence-corrected chi connectivity index (χ4v) is 2.76. The molecule has 0 bridgehead atoms. The molecule has 20 heavy (non-hydrogen) atoms. The second-order valence-electron chi connectivity index (χ2n) is 4.42. The molecular formula is C12H11BrN4O3. The number of aromatic nitrogens is 2. The molecular weight excluding hydrogens is 328 g/mol. The molecule has 1 aromatic carbocycles. The number of nitro benzene ring substituents is 1. The number of hydrogen-bond donors (Lipinski definition) is 1. The zero-order chi connectivity index (χ0) is 14.3. The van der Waals surface area contributed by atoms with E-state index in [4.69, 9.17) is 10.5 Å². The van der Waals surface area contributed by atoms with Gasteiger partial charge in [-0.2, -0.15) is 5.10 Å². The van der Waals surface area contributed by atoms with Crippen LogP contribution in [0.1, 0.15) is 11.3 Å². The van der Waals surface area contributed by atoms with Crippen molar-refractivity contribution < 1.29 is 9.66 Å². The number of halogens is 1. The summed E-state index contributed by atoms with van der Waals surface area (Å²) in [6.45, 7) is 1.07. The van der Waals surface area contributed by atoms with Crippen LogP contribution >= 0.6 is 15.9 Å². The van der Waals surface area contributed by atoms with Crippen molar-refractivity contribution in [3.8, 4) is 5.69 Å². The van der Waals surface area contributed by atoms with E-state index in [0.717, 1.165) is 16.9 Å². The summed E-state index contributed by atoms with van der Waals surface area (Å²) in [5, 5.41) is 15.1. The van der Waals surface area contributed by atoms with E-state index in [-0.39, 0.29) is 5.69 Å². The lowest BCUT2D eigenvalue weighted by atomic mass is 10.1. The molecule has 0 unspecified atom stereocenters. The van der Waals surface area contributed by atoms with Gasteiger partial charge in [0.05, 0.1) is 34.0 Å². The van der Waals surface area contributed by atoms with Crippen LogP contribution in [0.5, 0.6) is 0 Å². The molecule has 1 aliphatic rings. The Morgan fingerprint density at radius 2 is 2.30 bits per heavy atom. The van der Waals surface area contributed by atoms with Crippen molar-refractivity contribution in [3.05, 3.63) is 44.0 Å². The first-order valence-electron chi connectivity index (χ1n) is 5.96. The molecule has 0 fully saturated rings. The van der Waals surface area contributed by atoms with Gasteiger partial charge in [0.1, 0.15) is 0 Å². The summed E-state index contributed by atoms with van der Waals surface area (Å²) in [5.74, 6) is 0.439. The number of fused-ring (bicyclic) bond motifs is 1. The minimum atomic E-state index is -0.436. The molecule has 2 heterocycles. The van der Waals surface area contributed by atoms with E-state index in [1.54, 1.807) is 16.8 Å². The molecule has 0 aliphatic carbocycles. The van der Waals surface area contributed by atoms with Crippen LogP contribution in [0.25, 0.3) is 5.69 Å². The van der Waals surface area contributed by atoms with E-state index in [1.165, 1.54) is 6.07 Å². The SMILES string of the molecule is Nc1nn(-c2ccc([N+](=O)[O-])c(Br)c2)c2c1COCC2. The van der Waals surface area contributed by atoms with Gasteiger partial charge in [0.25, 0.3) is 5.69 Å². The fraction of sp³-hybridized carbons (Fsp3) is 0.250. The van der Waals surface area contributed by atoms with Crippen molar-refractivity contribution in [1.29, 1.82) is 0 Å². The van der Waals surface area contributed by atoms with Crippen LogP contribution in [0.3, 0.4) is 0 Å². The predicted octanol–water partition coefficient (Wildman–Crippen LogP) is 2.20. The normalized spacial score (nSPS) is 14.1. The minimum absolute atomic E-state index is 0.0195. The Bertz CT molecular complexity index is 698. The second-order valence-corrected chi connectivity index (χ2v) is 5.27. The van der Waals surface area contributed by atoms with Crippen molar-refractivity contribution >= 4 is 27.4 Å². The van der Waals surface area contributed by atoms with Crippen molar-refractivity contribution in [2.75, 3.05) is 12.3 Å². The van der Waals surface area contributed by atoms with E-state index in [1.807, 2.05) is 0 Å². The molecule has 104 valence electrons. The van der Waals surface area contributed by atoms with Crippen molar-refractivity contribution in [3.63, 3.8) is 0 Å². The van der Waals surface area contributed by atoms with E-state index >= 15 is 0 Å². The van der Waals surface area contributed by atoms with Gasteiger partial charge in [-0.15, -0.1) is 0 Å². The Kier molecular flexibility index (Phi) is 3.19. The van der Waals surface area contributed by atoms with E-state index in [0.29, 0.717) is 29.9 Å². The van der Waals surface area contributed by atoms with E-state index in [9.17, 15) is 10.1 Å². The van der Waals surface area contributed by atoms with Gasteiger partial charge in [0, 0.05) is 18.1 Å². The molecule has 0 amide bonds. The highest BCUT2D eigenvalue weighted by Gasteiger charge is 2.21. The molecule has 1 aliphatic heterocycles. The Morgan fingerprint density at radius 3 is 3.00 bits per heavy atom. The predicted molar refractivity (Wildman–Crippen MR) is 75.7 cm³/mol. The van der Waals surface area contributed by atoms with Crippen LogP contribution in [0.2, 0.25) is 0 Å². The molecule has 1 aromatic heterocycles. The van der Waals surface area contributed by atoms with Crippen LogP contribution in [-0.4, -0.2) is 21.3 Å². The highest BCUT2D eigenvalue weighted by Crippen LogP contribution is 2.30. The largest absolute Gasteiger partial charge is 0.382 e. The minimum Gasteiger partial charge on any atom is -0.382 e. The molecule has 8 heteroatoms. The van der Waals surface area contributed by atoms with Gasteiger partial charge in [-0.25, -0.2) is 4.68 Å². The van der Waals surface area contributed by atoms with Gasteiger partial charge in [-0.1, -0.05) is 0 Å². The molecule has 2 N–H and O–H groups in total. The number of nitrogen functional groups attached to an aromatic ring is 1. The molecule has 0 atom stereocenters. The molecule has 0 saturated carbocycles. The fourth-order valence-electron chi connectivity index (χ4n) is 2.25. The van der Waals surface area contributed by atoms with Crippen molar-refractivity contribution in [2.24, 2.45) is 0 Å². The summed E-state index contributed by atoms with van der Waals surface area (Å²) >= 11 is 3.21. The lowest BCUT2D eigenvalue weighted by molar-refractivity contribution is -0.385. The van der Waals surface area contributed by atoms with Gasteiger partial charge in [-0.3, -0.25) is 10.1 Å². The number of rotatable bonds is 2. The maximum Gasteiger partial charge on any atom is 0.283 e. The van der Waals surface area contributed by atoms with E-state index in [2.05, 4.69) is 21.0 Å². The number of ether oxygens (including phenoxy) is 1. The number of anilines is 1. The summed E-state index contributed by atoms with van der Waals surface area (Å²) in [6, 6.07) is 4.77. The lowest BCUT2D eigenvalue weighted by Gasteiger charge is -2.14. The summed E-state index contributed by atoms with van der Waals surface area (Å²) in [6.07, 6.45) is 0.716. The van der Waals surface area contributed by atoms with E-state index < -0.39 is 4.92 Å². The molecule has 0 saturated heterocycles. The van der Waals surface area contributed by atoms with Crippen molar-refractivity contribution in [1.82, 2.24) is 9.78 Å². The average molecular weight is 339 g/mol. The first-order valence-corrected chi connectivity index (χ1v) is 6.75. The first-order chi connectivity index (χ1) is 9.58. The highest BCUT2D eigenvalue weighted by atomic mass is 79.9. The zero-order valence-corrected chi connectivity index (χ0v) is 12.0. The molecule has 0 spiro atoms. The number of nitrogens with two attached hydrogens (primary N) is 1. The Hall–Kier alpha value is -1.93. The first kappa shape index (κ1) is 13.1. The number of nitro groups is 1. The van der Waals surface area contributed by atoms with Crippen LogP contribution < -0.4 is 5.73 Å². The number of nitrogens with zero attached hydrogens (tertiary/aromatic N) is 3. The van der Waals surface area contributed by atoms with Gasteiger partial charge >= 0.3 is 0 Å². The van der Waals surface area contributed by atoms with Crippen molar-refractivity contribution in [2.45, 2.75) is 13.0 Å². The van der Waals surface area contributed by atoms with Crippen LogP contribution in [0, 0.1) is 10.1 Å². The lowest BCUT2D eigenvalue weighted by Crippen LogP contribution is -2.13. The summed E-state index contributed by atoms with van der Waals surface area (Å²) in [4.78, 5) is 10.4. The zero-order valence-electron chi connectivity index (χ0n) is 10.4. The smallest absolute Gasteiger partial charge is 0.283 e. The average Bonchev–Trinajstić information content (AvgIpc) is 2.76. The maximum atomic E-state index is 10.8. The third-order valence-electron chi connectivity index (χ3n) is 3.22. The van der Waals surface area contributed by atoms with Crippen LogP contribution in [0.15, 0.2) is 22.7 Å². The Labute approximate surface area is 122 Å². The quantitative estimate of drug-likeness (QED) is 0.668. The number of hydrogen-bond acceptors (Lipinski definition) is 5. The van der Waals surface area contributed by atoms with Gasteiger partial charge in [-0.05, 0) is 28.1 Å². The van der Waals surface area contributed by atoms with Gasteiger partial charge in [0.2, 0.25) is 0 Å². The van der Waals surface area contributed by atoms with Crippen LogP contribution in [-0.2, 0) is 17.8 Å². The number of benzene rings is 1. The summed E-state index contributed by atoms with van der Waals surface area (Å²) < 4.78 is 7.50. The summed E-state index contributed by atoms with van der Waals surface area (Å²) in [5.41, 5.74) is 8.53. The molecule has 0 radical (unpaired) electrons. The van der Waals surface area contributed by atoms with Crippen LogP contribution in [0.4, 0.5) is 11.5 Å². The maximum absolute atomic E-state index is 10.8. The standard InChI is InChI=1S/C12H11BrN4O3/c13-9-5-7(1-2-11(9)17(18)19)16-10-3-4-20-6-8(10)12(14)15-16/h1-2,5H,3-4,6H2,(H2,14,15). The third kappa shape index (κ3) is 2.06. The molecule has 3 rings (SSSR count). The summed E-state index contributed by atoms with van der Waals surface area (Å²) in [7, 11) is 0. The Morgan fingerprint density at radius 1 is 1.50 bits per heavy atom. The van der Waals surface area contributed by atoms with Gasteiger partial charge in [0.15, 0.2) is 5.82 Å². The molecule has 2 aromatic rings. The van der Waals surface area contributed by atoms with Gasteiger partial charge < -0.3 is 10.5 Å².